The number of hydrogen-bond acceptors (Lipinski definition) is 3. The monoisotopic (exact) mass is 291 g/mol. The van der Waals surface area contributed by atoms with Crippen molar-refractivity contribution in [3.8, 4) is 0 Å². The fourth-order valence-corrected chi connectivity index (χ4v) is 2.38. The topological polar surface area (TPSA) is 58.4 Å². The zero-order chi connectivity index (χ0) is 15.7. The van der Waals surface area contributed by atoms with Gasteiger partial charge in [0.15, 0.2) is 0 Å². The molecule has 0 heterocycles. The summed E-state index contributed by atoms with van der Waals surface area (Å²) in [6.45, 7) is 8.29. The Balaban J connectivity index is 2.62. The fraction of sp³-hybridized carbons (Fsp3) is 0.588. The molecule has 4 nitrogen and oxygen atoms in total. The third-order valence-electron chi connectivity index (χ3n) is 3.77. The third kappa shape index (κ3) is 5.38. The largest absolute Gasteiger partial charge is 0.360 e. The molecule has 4 heteroatoms. The van der Waals surface area contributed by atoms with Gasteiger partial charge in [-0.1, -0.05) is 31.9 Å². The molecule has 0 saturated heterocycles. The van der Waals surface area contributed by atoms with Crippen molar-refractivity contribution in [2.45, 2.75) is 52.6 Å². The number of amides is 1. The number of hydrogen-bond donors (Lipinski definition) is 2. The third-order valence-corrected chi connectivity index (χ3v) is 3.77. The van der Waals surface area contributed by atoms with Gasteiger partial charge in [0.2, 0.25) is 5.91 Å². The van der Waals surface area contributed by atoms with Crippen molar-refractivity contribution < 1.29 is 4.79 Å². The summed E-state index contributed by atoms with van der Waals surface area (Å²) in [7, 11) is 0. The van der Waals surface area contributed by atoms with Crippen LogP contribution in [0.5, 0.6) is 0 Å². The van der Waals surface area contributed by atoms with Gasteiger partial charge >= 0.3 is 0 Å². The van der Waals surface area contributed by atoms with Crippen molar-refractivity contribution >= 4 is 11.6 Å². The average molecular weight is 291 g/mol. The summed E-state index contributed by atoms with van der Waals surface area (Å²) in [5, 5.41) is 3.02. The lowest BCUT2D eigenvalue weighted by molar-refractivity contribution is -0.122. The van der Waals surface area contributed by atoms with Gasteiger partial charge in [-0.25, -0.2) is 0 Å². The normalized spacial score (nSPS) is 12.0. The smallest absolute Gasteiger partial charge is 0.242 e. The molecule has 0 fully saturated rings. The Kier molecular flexibility index (Phi) is 7.83. The van der Waals surface area contributed by atoms with Crippen LogP contribution in [0.4, 0.5) is 5.69 Å². The van der Waals surface area contributed by atoms with Crippen LogP contribution in [0, 0.1) is 0 Å². The van der Waals surface area contributed by atoms with E-state index in [-0.39, 0.29) is 11.9 Å². The van der Waals surface area contributed by atoms with Crippen molar-refractivity contribution in [2.24, 2.45) is 5.73 Å². The molecule has 118 valence electrons. The van der Waals surface area contributed by atoms with Crippen molar-refractivity contribution in [1.29, 1.82) is 0 Å². The van der Waals surface area contributed by atoms with Crippen molar-refractivity contribution in [1.82, 2.24) is 5.32 Å². The van der Waals surface area contributed by atoms with Crippen LogP contribution in [-0.2, 0) is 11.3 Å². The van der Waals surface area contributed by atoms with Gasteiger partial charge in [0.1, 0.15) is 6.04 Å². The van der Waals surface area contributed by atoms with Crippen LogP contribution in [0.3, 0.4) is 0 Å². The molecule has 0 saturated carbocycles. The van der Waals surface area contributed by atoms with Crippen LogP contribution in [0.25, 0.3) is 0 Å². The molecule has 21 heavy (non-hydrogen) atoms. The lowest BCUT2D eigenvalue weighted by Crippen LogP contribution is -2.45. The molecule has 0 aliphatic carbocycles. The number of likely N-dealkylation sites (N-methyl/N-ethyl adjacent to an activating group) is 1. The summed E-state index contributed by atoms with van der Waals surface area (Å²) in [5.41, 5.74) is 7.78. The number of carbonyl (C=O) groups excluding carboxylic acids is 1. The van der Waals surface area contributed by atoms with E-state index in [1.165, 1.54) is 6.42 Å². The van der Waals surface area contributed by atoms with Crippen LogP contribution in [-0.4, -0.2) is 25.0 Å². The van der Waals surface area contributed by atoms with E-state index in [2.05, 4.69) is 24.1 Å². The summed E-state index contributed by atoms with van der Waals surface area (Å²) in [6, 6.07) is 7.94. The number of benzene rings is 1. The molecule has 0 radical (unpaired) electrons. The predicted octanol–water partition coefficient (Wildman–Crippen LogP) is 2.67. The van der Waals surface area contributed by atoms with Gasteiger partial charge in [-0.2, -0.15) is 0 Å². The number of nitrogens with one attached hydrogen (secondary N) is 1. The van der Waals surface area contributed by atoms with Gasteiger partial charge in [0, 0.05) is 25.3 Å². The second-order valence-corrected chi connectivity index (χ2v) is 5.33. The number of nitrogens with zero attached hydrogens (tertiary/aromatic N) is 1. The Labute approximate surface area is 128 Å². The second-order valence-electron chi connectivity index (χ2n) is 5.33. The summed E-state index contributed by atoms with van der Waals surface area (Å²) >= 11 is 0. The first-order valence-electron chi connectivity index (χ1n) is 7.97. The molecular formula is C17H29N3O. The molecule has 1 aromatic carbocycles. The lowest BCUT2D eigenvalue weighted by Gasteiger charge is -2.29. The van der Waals surface area contributed by atoms with Gasteiger partial charge in [0.25, 0.3) is 0 Å². The van der Waals surface area contributed by atoms with Crippen molar-refractivity contribution in [2.75, 3.05) is 18.0 Å². The number of carbonyl (C=O) groups is 1. The fourth-order valence-electron chi connectivity index (χ4n) is 2.38. The molecule has 3 N–H and O–H groups in total. The van der Waals surface area contributed by atoms with E-state index >= 15 is 0 Å². The number of anilines is 1. The Bertz CT molecular complexity index is 417. The minimum atomic E-state index is -0.166. The number of rotatable bonds is 9. The highest BCUT2D eigenvalue weighted by Crippen LogP contribution is 2.18. The highest BCUT2D eigenvalue weighted by Gasteiger charge is 2.19. The first-order valence-corrected chi connectivity index (χ1v) is 7.97. The summed E-state index contributed by atoms with van der Waals surface area (Å²) in [5.74, 6) is 0.0934. The van der Waals surface area contributed by atoms with E-state index in [0.717, 1.165) is 37.2 Å². The van der Waals surface area contributed by atoms with E-state index in [0.29, 0.717) is 6.54 Å². The maximum atomic E-state index is 12.2. The zero-order valence-electron chi connectivity index (χ0n) is 13.6. The molecule has 1 atom stereocenters. The zero-order valence-corrected chi connectivity index (χ0v) is 13.6. The van der Waals surface area contributed by atoms with Crippen LogP contribution in [0.1, 0.15) is 45.6 Å². The van der Waals surface area contributed by atoms with Crippen LogP contribution >= 0.6 is 0 Å². The summed E-state index contributed by atoms with van der Waals surface area (Å²) in [4.78, 5) is 14.3. The van der Waals surface area contributed by atoms with Gasteiger partial charge in [-0.3, -0.25) is 4.79 Å². The first-order chi connectivity index (χ1) is 10.1. The minimum Gasteiger partial charge on any atom is -0.360 e. The summed E-state index contributed by atoms with van der Waals surface area (Å²) < 4.78 is 0. The summed E-state index contributed by atoms with van der Waals surface area (Å²) in [6.07, 6.45) is 3.37. The van der Waals surface area contributed by atoms with Crippen LogP contribution < -0.4 is 16.0 Å². The van der Waals surface area contributed by atoms with Crippen LogP contribution in [0.2, 0.25) is 0 Å². The molecule has 0 aliphatic rings. The molecule has 1 rings (SSSR count). The van der Waals surface area contributed by atoms with Crippen LogP contribution in [0.15, 0.2) is 24.3 Å². The number of nitrogens with two attached hydrogens (primary N) is 1. The molecule has 0 aromatic heterocycles. The Morgan fingerprint density at radius 3 is 2.43 bits per heavy atom. The van der Waals surface area contributed by atoms with Gasteiger partial charge in [-0.15, -0.1) is 0 Å². The van der Waals surface area contributed by atoms with Gasteiger partial charge < -0.3 is 16.0 Å². The number of unbranched alkanes of at least 4 members (excludes halogenated alkanes) is 2. The standard InChI is InChI=1S/C17H29N3O/c1-4-6-7-12-19-17(21)14(3)20(5-2)16-10-8-15(13-18)9-11-16/h8-11,14H,4-7,12-13,18H2,1-3H3,(H,19,21). The molecular weight excluding hydrogens is 262 g/mol. The van der Waals surface area contributed by atoms with Gasteiger partial charge in [-0.05, 0) is 38.0 Å². The van der Waals surface area contributed by atoms with Crippen molar-refractivity contribution in [3.05, 3.63) is 29.8 Å². The lowest BCUT2D eigenvalue weighted by atomic mass is 10.1. The van der Waals surface area contributed by atoms with E-state index in [4.69, 9.17) is 5.73 Å². The van der Waals surface area contributed by atoms with E-state index < -0.39 is 0 Å². The quantitative estimate of drug-likeness (QED) is 0.688. The second kappa shape index (κ2) is 9.40. The maximum absolute atomic E-state index is 12.2. The molecule has 1 aromatic rings. The molecule has 1 unspecified atom stereocenters. The van der Waals surface area contributed by atoms with E-state index in [1.807, 2.05) is 31.2 Å². The maximum Gasteiger partial charge on any atom is 0.242 e. The molecule has 0 spiro atoms. The highest BCUT2D eigenvalue weighted by atomic mass is 16.2. The first kappa shape index (κ1) is 17.5. The van der Waals surface area contributed by atoms with E-state index in [1.54, 1.807) is 0 Å². The molecule has 1 amide bonds. The highest BCUT2D eigenvalue weighted by molar-refractivity contribution is 5.84. The minimum absolute atomic E-state index is 0.0934. The van der Waals surface area contributed by atoms with Crippen molar-refractivity contribution in [3.63, 3.8) is 0 Å². The van der Waals surface area contributed by atoms with Gasteiger partial charge in [0.05, 0.1) is 0 Å². The SMILES string of the molecule is CCCCCNC(=O)C(C)N(CC)c1ccc(CN)cc1. The molecule has 0 aliphatic heterocycles. The average Bonchev–Trinajstić information content (AvgIpc) is 2.52. The van der Waals surface area contributed by atoms with E-state index in [9.17, 15) is 4.79 Å². The molecule has 0 bridgehead atoms. The Morgan fingerprint density at radius 2 is 1.90 bits per heavy atom. The Hall–Kier alpha value is -1.55. The Morgan fingerprint density at radius 1 is 1.24 bits per heavy atom. The predicted molar refractivity (Wildman–Crippen MR) is 89.4 cm³/mol.